The first kappa shape index (κ1) is 18.6. The minimum Gasteiger partial charge on any atom is -0.267 e. The summed E-state index contributed by atoms with van der Waals surface area (Å²) in [6.45, 7) is 6.28. The normalized spacial score (nSPS) is 11.5. The second-order valence-corrected chi connectivity index (χ2v) is 6.90. The van der Waals surface area contributed by atoms with Gasteiger partial charge < -0.3 is 0 Å². The SMILES string of the molecule is CC(C)(C)c1ccc(C(=O)NN=Cc2ccc(Cl)c([N+](=O)[O-])c2)cc1. The molecule has 0 aromatic heterocycles. The van der Waals surface area contributed by atoms with Crippen LogP contribution in [0.15, 0.2) is 47.6 Å². The number of rotatable bonds is 4. The van der Waals surface area contributed by atoms with E-state index in [4.69, 9.17) is 11.6 Å². The molecule has 2 aromatic carbocycles. The molecule has 1 amide bonds. The minimum atomic E-state index is -0.574. The Balaban J connectivity index is 2.06. The lowest BCUT2D eigenvalue weighted by Gasteiger charge is -2.18. The molecule has 1 N–H and O–H groups in total. The molecule has 0 atom stereocenters. The molecule has 0 saturated carbocycles. The maximum Gasteiger partial charge on any atom is 0.288 e. The molecule has 130 valence electrons. The van der Waals surface area contributed by atoms with Gasteiger partial charge in [0.15, 0.2) is 0 Å². The summed E-state index contributed by atoms with van der Waals surface area (Å²) in [6, 6.07) is 11.5. The first-order chi connectivity index (χ1) is 11.7. The van der Waals surface area contributed by atoms with Crippen molar-refractivity contribution in [3.63, 3.8) is 0 Å². The highest BCUT2D eigenvalue weighted by Crippen LogP contribution is 2.24. The number of nitrogens with one attached hydrogen (secondary N) is 1. The van der Waals surface area contributed by atoms with Crippen LogP contribution in [0.2, 0.25) is 5.02 Å². The molecule has 2 aromatic rings. The maximum absolute atomic E-state index is 12.1. The van der Waals surface area contributed by atoms with E-state index in [1.54, 1.807) is 18.2 Å². The van der Waals surface area contributed by atoms with Crippen LogP contribution >= 0.6 is 11.6 Å². The molecule has 0 spiro atoms. The van der Waals surface area contributed by atoms with Gasteiger partial charge in [0, 0.05) is 17.2 Å². The van der Waals surface area contributed by atoms with Crippen LogP contribution in [0.4, 0.5) is 5.69 Å². The van der Waals surface area contributed by atoms with E-state index in [1.165, 1.54) is 18.3 Å². The van der Waals surface area contributed by atoms with Gasteiger partial charge in [-0.1, -0.05) is 50.6 Å². The Morgan fingerprint density at radius 2 is 1.84 bits per heavy atom. The Morgan fingerprint density at radius 1 is 1.20 bits per heavy atom. The fourth-order valence-corrected chi connectivity index (χ4v) is 2.29. The van der Waals surface area contributed by atoms with Crippen LogP contribution in [0.1, 0.15) is 42.3 Å². The van der Waals surface area contributed by atoms with Gasteiger partial charge in [-0.2, -0.15) is 5.10 Å². The molecule has 0 unspecified atom stereocenters. The molecule has 25 heavy (non-hydrogen) atoms. The zero-order chi connectivity index (χ0) is 18.6. The monoisotopic (exact) mass is 359 g/mol. The van der Waals surface area contributed by atoms with E-state index in [0.29, 0.717) is 11.1 Å². The second-order valence-electron chi connectivity index (χ2n) is 6.49. The molecular formula is C18H18ClN3O3. The van der Waals surface area contributed by atoms with Gasteiger partial charge in [0.25, 0.3) is 11.6 Å². The highest BCUT2D eigenvalue weighted by Gasteiger charge is 2.14. The minimum absolute atomic E-state index is 0.0104. The van der Waals surface area contributed by atoms with Crippen LogP contribution < -0.4 is 5.43 Å². The number of hydrogen-bond acceptors (Lipinski definition) is 4. The largest absolute Gasteiger partial charge is 0.288 e. The lowest BCUT2D eigenvalue weighted by Crippen LogP contribution is -2.18. The van der Waals surface area contributed by atoms with Gasteiger partial charge >= 0.3 is 0 Å². The van der Waals surface area contributed by atoms with Crippen molar-refractivity contribution in [1.29, 1.82) is 0 Å². The van der Waals surface area contributed by atoms with Gasteiger partial charge in [-0.3, -0.25) is 14.9 Å². The number of amides is 1. The summed E-state index contributed by atoms with van der Waals surface area (Å²) in [6.07, 6.45) is 1.32. The summed E-state index contributed by atoms with van der Waals surface area (Å²) in [5.41, 5.74) is 4.26. The topological polar surface area (TPSA) is 84.6 Å². The van der Waals surface area contributed by atoms with E-state index in [9.17, 15) is 14.9 Å². The first-order valence-electron chi connectivity index (χ1n) is 7.56. The fraction of sp³-hybridized carbons (Fsp3) is 0.222. The van der Waals surface area contributed by atoms with Crippen molar-refractivity contribution in [2.24, 2.45) is 5.10 Å². The second kappa shape index (κ2) is 7.44. The third kappa shape index (κ3) is 4.87. The average Bonchev–Trinajstić information content (AvgIpc) is 2.55. The van der Waals surface area contributed by atoms with Gasteiger partial charge in [0.2, 0.25) is 0 Å². The number of nitro groups is 1. The fourth-order valence-electron chi connectivity index (χ4n) is 2.10. The number of nitro benzene ring substituents is 1. The molecule has 7 heteroatoms. The van der Waals surface area contributed by atoms with E-state index >= 15 is 0 Å². The van der Waals surface area contributed by atoms with E-state index in [-0.39, 0.29) is 22.0 Å². The van der Waals surface area contributed by atoms with E-state index in [2.05, 4.69) is 31.3 Å². The van der Waals surface area contributed by atoms with Gasteiger partial charge in [0.05, 0.1) is 11.1 Å². The maximum atomic E-state index is 12.1. The van der Waals surface area contributed by atoms with Crippen molar-refractivity contribution in [2.75, 3.05) is 0 Å². The van der Waals surface area contributed by atoms with Gasteiger partial charge in [-0.05, 0) is 29.2 Å². The van der Waals surface area contributed by atoms with Crippen LogP contribution in [0, 0.1) is 10.1 Å². The summed E-state index contributed by atoms with van der Waals surface area (Å²) >= 11 is 5.74. The van der Waals surface area contributed by atoms with Crippen LogP contribution in [-0.4, -0.2) is 17.0 Å². The molecule has 0 aliphatic rings. The van der Waals surface area contributed by atoms with Crippen molar-refractivity contribution in [3.8, 4) is 0 Å². The van der Waals surface area contributed by atoms with Gasteiger partial charge in [0.1, 0.15) is 5.02 Å². The molecule has 0 bridgehead atoms. The van der Waals surface area contributed by atoms with Crippen molar-refractivity contribution in [2.45, 2.75) is 26.2 Å². The zero-order valence-corrected chi connectivity index (χ0v) is 14.9. The summed E-state index contributed by atoms with van der Waals surface area (Å²) < 4.78 is 0. The Morgan fingerprint density at radius 3 is 2.40 bits per heavy atom. The van der Waals surface area contributed by atoms with Gasteiger partial charge in [-0.15, -0.1) is 0 Å². The number of carbonyl (C=O) groups excluding carboxylic acids is 1. The quantitative estimate of drug-likeness (QED) is 0.501. The number of benzene rings is 2. The number of hydrazone groups is 1. The van der Waals surface area contributed by atoms with Crippen molar-refractivity contribution >= 4 is 29.4 Å². The molecule has 0 heterocycles. The number of carbonyl (C=O) groups is 1. The smallest absolute Gasteiger partial charge is 0.267 e. The Labute approximate surface area is 150 Å². The summed E-state index contributed by atoms with van der Waals surface area (Å²) in [5, 5.41) is 14.7. The highest BCUT2D eigenvalue weighted by atomic mass is 35.5. The molecule has 6 nitrogen and oxygen atoms in total. The molecule has 0 saturated heterocycles. The van der Waals surface area contributed by atoms with Crippen LogP contribution in [0.5, 0.6) is 0 Å². The lowest BCUT2D eigenvalue weighted by atomic mass is 9.87. The van der Waals surface area contributed by atoms with Crippen molar-refractivity contribution in [1.82, 2.24) is 5.43 Å². The highest BCUT2D eigenvalue weighted by molar-refractivity contribution is 6.32. The van der Waals surface area contributed by atoms with Gasteiger partial charge in [-0.25, -0.2) is 5.43 Å². The van der Waals surface area contributed by atoms with E-state index in [0.717, 1.165) is 5.56 Å². The first-order valence-corrected chi connectivity index (χ1v) is 7.94. The molecule has 2 rings (SSSR count). The predicted molar refractivity (Wildman–Crippen MR) is 98.3 cm³/mol. The molecule has 0 aliphatic heterocycles. The van der Waals surface area contributed by atoms with Crippen molar-refractivity contribution < 1.29 is 9.72 Å². The van der Waals surface area contributed by atoms with Crippen LogP contribution in [0.3, 0.4) is 0 Å². The summed E-state index contributed by atoms with van der Waals surface area (Å²) in [7, 11) is 0. The molecule has 0 aliphatic carbocycles. The number of hydrogen-bond donors (Lipinski definition) is 1. The van der Waals surface area contributed by atoms with E-state index < -0.39 is 4.92 Å². The average molecular weight is 360 g/mol. The third-order valence-electron chi connectivity index (χ3n) is 3.56. The lowest BCUT2D eigenvalue weighted by molar-refractivity contribution is -0.384. The number of halogens is 1. The summed E-state index contributed by atoms with van der Waals surface area (Å²) in [5.74, 6) is -0.361. The standard InChI is InChI=1S/C18H18ClN3O3/c1-18(2,3)14-7-5-13(6-8-14)17(23)21-20-11-12-4-9-15(19)16(10-12)22(24)25/h4-11H,1-3H3,(H,21,23). The summed E-state index contributed by atoms with van der Waals surface area (Å²) in [4.78, 5) is 22.3. The zero-order valence-electron chi connectivity index (χ0n) is 14.1. The van der Waals surface area contributed by atoms with Crippen molar-refractivity contribution in [3.05, 3.63) is 74.3 Å². The Hall–Kier alpha value is -2.73. The van der Waals surface area contributed by atoms with Crippen LogP contribution in [-0.2, 0) is 5.41 Å². The molecule has 0 fully saturated rings. The Bertz CT molecular complexity index is 824. The molecular weight excluding hydrogens is 342 g/mol. The predicted octanol–water partition coefficient (Wildman–Crippen LogP) is 4.31. The Kier molecular flexibility index (Phi) is 5.54. The third-order valence-corrected chi connectivity index (χ3v) is 3.88. The van der Waals surface area contributed by atoms with E-state index in [1.807, 2.05) is 12.1 Å². The molecule has 0 radical (unpaired) electrons. The van der Waals surface area contributed by atoms with Crippen LogP contribution in [0.25, 0.3) is 0 Å². The number of nitrogens with zero attached hydrogens (tertiary/aromatic N) is 2.